The Labute approximate surface area is 368 Å². The molecule has 0 fully saturated rings. The van der Waals surface area contributed by atoms with E-state index in [2.05, 4.69) is 34.6 Å². The van der Waals surface area contributed by atoms with Crippen LogP contribution in [0.2, 0.25) is 0 Å². The van der Waals surface area contributed by atoms with Crippen molar-refractivity contribution in [1.29, 1.82) is 0 Å². The van der Waals surface area contributed by atoms with Crippen LogP contribution in [-0.4, -0.2) is 37.2 Å². The number of carbonyl (C=O) groups is 3. The molecule has 6 nitrogen and oxygen atoms in total. The van der Waals surface area contributed by atoms with Gasteiger partial charge in [-0.05, 0) is 31.1 Å². The van der Waals surface area contributed by atoms with Gasteiger partial charge in [-0.1, -0.05) is 253 Å². The predicted octanol–water partition coefficient (Wildman–Crippen LogP) is 16.9. The van der Waals surface area contributed by atoms with Gasteiger partial charge >= 0.3 is 17.9 Å². The average molecular weight is 835 g/mol. The third-order valence-corrected chi connectivity index (χ3v) is 12.3. The van der Waals surface area contributed by atoms with Crippen LogP contribution < -0.4 is 0 Å². The summed E-state index contributed by atoms with van der Waals surface area (Å²) in [5.41, 5.74) is 0. The standard InChI is InChI=1S/C53H102O6/c1-6-8-9-10-11-12-13-14-17-25-30-35-40-45-53(56)59-50(46-57-51(54)43-38-33-28-23-18-15-16-21-26-31-36-41-48(3)4)47-58-52(55)44-39-34-29-24-20-19-22-27-32-37-42-49(5)7-2/h48-50H,6-47H2,1-5H3/t49?,50-/m0/s1. The van der Waals surface area contributed by atoms with E-state index in [9.17, 15) is 14.4 Å². The van der Waals surface area contributed by atoms with Crippen LogP contribution in [0, 0.1) is 11.8 Å². The van der Waals surface area contributed by atoms with Gasteiger partial charge in [0.05, 0.1) is 0 Å². The zero-order valence-corrected chi connectivity index (χ0v) is 40.4. The zero-order chi connectivity index (χ0) is 43.3. The lowest BCUT2D eigenvalue weighted by molar-refractivity contribution is -0.167. The Morgan fingerprint density at radius 1 is 0.356 bits per heavy atom. The Morgan fingerprint density at radius 2 is 0.644 bits per heavy atom. The van der Waals surface area contributed by atoms with Crippen LogP contribution in [0.4, 0.5) is 0 Å². The van der Waals surface area contributed by atoms with Crippen molar-refractivity contribution >= 4 is 17.9 Å². The Hall–Kier alpha value is -1.59. The molecule has 0 amide bonds. The van der Waals surface area contributed by atoms with Gasteiger partial charge in [-0.2, -0.15) is 0 Å². The largest absolute Gasteiger partial charge is 0.462 e. The van der Waals surface area contributed by atoms with Gasteiger partial charge < -0.3 is 14.2 Å². The Kier molecular flexibility index (Phi) is 44.7. The lowest BCUT2D eigenvalue weighted by Crippen LogP contribution is -2.30. The van der Waals surface area contributed by atoms with Gasteiger partial charge in [0.25, 0.3) is 0 Å². The molecule has 0 heterocycles. The van der Waals surface area contributed by atoms with Crippen LogP contribution in [-0.2, 0) is 28.6 Å². The molecule has 0 aromatic carbocycles. The second kappa shape index (κ2) is 45.9. The molecule has 0 aromatic rings. The summed E-state index contributed by atoms with van der Waals surface area (Å²) in [5, 5.41) is 0. The highest BCUT2D eigenvalue weighted by atomic mass is 16.6. The van der Waals surface area contributed by atoms with Crippen molar-refractivity contribution in [3.05, 3.63) is 0 Å². The maximum atomic E-state index is 12.8. The van der Waals surface area contributed by atoms with E-state index in [0.29, 0.717) is 19.3 Å². The van der Waals surface area contributed by atoms with Crippen molar-refractivity contribution in [3.63, 3.8) is 0 Å². The quantitative estimate of drug-likeness (QED) is 0.0345. The number of ether oxygens (including phenoxy) is 3. The molecule has 0 aliphatic heterocycles. The second-order valence-corrected chi connectivity index (χ2v) is 18.9. The first kappa shape index (κ1) is 57.4. The molecule has 350 valence electrons. The monoisotopic (exact) mass is 835 g/mol. The minimum Gasteiger partial charge on any atom is -0.462 e. The van der Waals surface area contributed by atoms with Crippen LogP contribution in [0.1, 0.15) is 291 Å². The second-order valence-electron chi connectivity index (χ2n) is 18.9. The summed E-state index contributed by atoms with van der Waals surface area (Å²) in [6.45, 7) is 11.4. The van der Waals surface area contributed by atoms with Crippen molar-refractivity contribution in [2.45, 2.75) is 298 Å². The number of esters is 3. The van der Waals surface area contributed by atoms with Crippen molar-refractivity contribution in [1.82, 2.24) is 0 Å². The summed E-state index contributed by atoms with van der Waals surface area (Å²) in [6, 6.07) is 0. The molecule has 0 saturated heterocycles. The van der Waals surface area contributed by atoms with Crippen molar-refractivity contribution in [2.75, 3.05) is 13.2 Å². The van der Waals surface area contributed by atoms with Crippen molar-refractivity contribution in [3.8, 4) is 0 Å². The molecule has 0 radical (unpaired) electrons. The number of hydrogen-bond donors (Lipinski definition) is 0. The fourth-order valence-corrected chi connectivity index (χ4v) is 7.96. The maximum absolute atomic E-state index is 12.8. The summed E-state index contributed by atoms with van der Waals surface area (Å²) < 4.78 is 16.8. The van der Waals surface area contributed by atoms with E-state index in [1.54, 1.807) is 0 Å². The first-order chi connectivity index (χ1) is 28.8. The highest BCUT2D eigenvalue weighted by Crippen LogP contribution is 2.18. The Morgan fingerprint density at radius 3 is 0.966 bits per heavy atom. The van der Waals surface area contributed by atoms with Crippen molar-refractivity contribution in [2.24, 2.45) is 11.8 Å². The first-order valence-electron chi connectivity index (χ1n) is 26.3. The highest BCUT2D eigenvalue weighted by Gasteiger charge is 2.19. The molecule has 1 unspecified atom stereocenters. The normalized spacial score (nSPS) is 12.5. The molecule has 0 N–H and O–H groups in total. The molecule has 0 rings (SSSR count). The van der Waals surface area contributed by atoms with Gasteiger partial charge in [0, 0.05) is 19.3 Å². The summed E-state index contributed by atoms with van der Waals surface area (Å²) >= 11 is 0. The molecular formula is C53H102O6. The number of hydrogen-bond acceptors (Lipinski definition) is 6. The lowest BCUT2D eigenvalue weighted by atomic mass is 9.99. The van der Waals surface area contributed by atoms with E-state index in [0.717, 1.165) is 69.6 Å². The van der Waals surface area contributed by atoms with Gasteiger partial charge in [-0.15, -0.1) is 0 Å². The summed E-state index contributed by atoms with van der Waals surface area (Å²) in [5.74, 6) is 0.850. The summed E-state index contributed by atoms with van der Waals surface area (Å²) in [7, 11) is 0. The van der Waals surface area contributed by atoms with Crippen molar-refractivity contribution < 1.29 is 28.6 Å². The third-order valence-electron chi connectivity index (χ3n) is 12.3. The van der Waals surface area contributed by atoms with Gasteiger partial charge in [-0.3, -0.25) is 14.4 Å². The van der Waals surface area contributed by atoms with E-state index in [1.807, 2.05) is 0 Å². The van der Waals surface area contributed by atoms with E-state index in [1.165, 1.54) is 180 Å². The maximum Gasteiger partial charge on any atom is 0.306 e. The lowest BCUT2D eigenvalue weighted by Gasteiger charge is -2.18. The fourth-order valence-electron chi connectivity index (χ4n) is 7.96. The molecule has 0 aliphatic rings. The molecule has 0 spiro atoms. The van der Waals surface area contributed by atoms with Crippen LogP contribution in [0.25, 0.3) is 0 Å². The van der Waals surface area contributed by atoms with Crippen LogP contribution in [0.15, 0.2) is 0 Å². The average Bonchev–Trinajstić information content (AvgIpc) is 3.22. The van der Waals surface area contributed by atoms with Crippen LogP contribution in [0.3, 0.4) is 0 Å². The fraction of sp³-hybridized carbons (Fsp3) is 0.943. The molecular weight excluding hydrogens is 733 g/mol. The molecule has 0 aromatic heterocycles. The van der Waals surface area contributed by atoms with Gasteiger partial charge in [0.1, 0.15) is 13.2 Å². The minimum absolute atomic E-state index is 0.0637. The third kappa shape index (κ3) is 45.8. The first-order valence-corrected chi connectivity index (χ1v) is 26.3. The molecule has 0 bridgehead atoms. The molecule has 0 aliphatic carbocycles. The Balaban J connectivity index is 4.33. The summed E-state index contributed by atoms with van der Waals surface area (Å²) in [4.78, 5) is 38.0. The molecule has 6 heteroatoms. The number of carbonyl (C=O) groups excluding carboxylic acids is 3. The predicted molar refractivity (Wildman–Crippen MR) is 252 cm³/mol. The Bertz CT molecular complexity index is 902. The van der Waals surface area contributed by atoms with E-state index in [4.69, 9.17) is 14.2 Å². The van der Waals surface area contributed by atoms with E-state index >= 15 is 0 Å². The smallest absolute Gasteiger partial charge is 0.306 e. The topological polar surface area (TPSA) is 78.9 Å². The zero-order valence-electron chi connectivity index (χ0n) is 40.4. The highest BCUT2D eigenvalue weighted by molar-refractivity contribution is 5.71. The van der Waals surface area contributed by atoms with Gasteiger partial charge in [-0.25, -0.2) is 0 Å². The van der Waals surface area contributed by atoms with Gasteiger partial charge in [0.15, 0.2) is 6.10 Å². The van der Waals surface area contributed by atoms with E-state index < -0.39 is 6.10 Å². The minimum atomic E-state index is -0.761. The van der Waals surface area contributed by atoms with E-state index in [-0.39, 0.29) is 31.1 Å². The SMILES string of the molecule is CCCCCCCCCCCCCCCC(=O)O[C@@H](COC(=O)CCCCCCCCCCCCCC(C)C)COC(=O)CCCCCCCCCCCCC(C)CC. The molecule has 59 heavy (non-hydrogen) atoms. The van der Waals surface area contributed by atoms with Crippen LogP contribution >= 0.6 is 0 Å². The summed E-state index contributed by atoms with van der Waals surface area (Å²) in [6.07, 6.45) is 46.5. The van der Waals surface area contributed by atoms with Crippen LogP contribution in [0.5, 0.6) is 0 Å². The molecule has 0 saturated carbocycles. The van der Waals surface area contributed by atoms with Gasteiger partial charge in [0.2, 0.25) is 0 Å². The number of unbranched alkanes of at least 4 members (excludes halogenated alkanes) is 31. The number of rotatable bonds is 47. The molecule has 2 atom stereocenters.